The fourth-order valence-electron chi connectivity index (χ4n) is 0.918. The van der Waals surface area contributed by atoms with Crippen LogP contribution in [0.25, 0.3) is 0 Å². The molecule has 76 valence electrons. The smallest absolute Gasteiger partial charge is 0.325 e. The van der Waals surface area contributed by atoms with E-state index in [1.54, 1.807) is 6.07 Å². The first-order valence-corrected chi connectivity index (χ1v) is 4.01. The summed E-state index contributed by atoms with van der Waals surface area (Å²) in [5.41, 5.74) is 0. The van der Waals surface area contributed by atoms with Crippen LogP contribution in [0.5, 0.6) is 0 Å². The lowest BCUT2D eigenvalue weighted by Gasteiger charge is -2.13. The molecule has 0 atom stereocenters. The van der Waals surface area contributed by atoms with Gasteiger partial charge in [-0.3, -0.25) is 9.59 Å². The highest BCUT2D eigenvalue weighted by Gasteiger charge is 2.16. The van der Waals surface area contributed by atoms with Gasteiger partial charge >= 0.3 is 5.97 Å². The quantitative estimate of drug-likeness (QED) is 0.663. The summed E-state index contributed by atoms with van der Waals surface area (Å²) in [4.78, 5) is 23.6. The minimum atomic E-state index is -0.465. The lowest BCUT2D eigenvalue weighted by molar-refractivity contribution is -0.141. The van der Waals surface area contributed by atoms with Crippen LogP contribution < -0.4 is 0 Å². The molecule has 0 saturated carbocycles. The van der Waals surface area contributed by atoms with Crippen LogP contribution in [0.2, 0.25) is 0 Å². The van der Waals surface area contributed by atoms with E-state index in [-0.39, 0.29) is 18.2 Å². The molecule has 1 aromatic heterocycles. The first-order valence-electron chi connectivity index (χ1n) is 4.01. The maximum absolute atomic E-state index is 11.5. The SMILES string of the molecule is COC(=O)CN(C)C(=O)c1ccco1. The van der Waals surface area contributed by atoms with Crippen molar-refractivity contribution < 1.29 is 18.7 Å². The van der Waals surface area contributed by atoms with Gasteiger partial charge in [0.25, 0.3) is 5.91 Å². The topological polar surface area (TPSA) is 59.8 Å². The number of esters is 1. The zero-order valence-corrected chi connectivity index (χ0v) is 8.02. The van der Waals surface area contributed by atoms with Gasteiger partial charge in [0, 0.05) is 7.05 Å². The summed E-state index contributed by atoms with van der Waals surface area (Å²) in [6.07, 6.45) is 1.40. The number of ether oxygens (including phenoxy) is 1. The van der Waals surface area contributed by atoms with Crippen LogP contribution in [-0.2, 0) is 9.53 Å². The number of hydrogen-bond donors (Lipinski definition) is 0. The van der Waals surface area contributed by atoms with Crippen molar-refractivity contribution >= 4 is 11.9 Å². The Hall–Kier alpha value is -1.78. The molecule has 0 radical (unpaired) electrons. The molecular weight excluding hydrogens is 186 g/mol. The minimum absolute atomic E-state index is 0.0873. The molecular formula is C9H11NO4. The molecule has 0 N–H and O–H groups in total. The molecule has 0 fully saturated rings. The summed E-state index contributed by atoms with van der Waals surface area (Å²) in [7, 11) is 2.77. The number of amides is 1. The first kappa shape index (κ1) is 10.3. The highest BCUT2D eigenvalue weighted by molar-refractivity contribution is 5.93. The van der Waals surface area contributed by atoms with Crippen LogP contribution in [0.3, 0.4) is 0 Å². The Morgan fingerprint density at radius 1 is 1.57 bits per heavy atom. The predicted octanol–water partition coefficient (Wildman–Crippen LogP) is 0.525. The van der Waals surface area contributed by atoms with Crippen molar-refractivity contribution in [1.82, 2.24) is 4.90 Å². The highest BCUT2D eigenvalue weighted by atomic mass is 16.5. The van der Waals surface area contributed by atoms with Crippen molar-refractivity contribution in [3.63, 3.8) is 0 Å². The van der Waals surface area contributed by atoms with Crippen molar-refractivity contribution in [2.24, 2.45) is 0 Å². The van der Waals surface area contributed by atoms with Crippen LogP contribution in [0, 0.1) is 0 Å². The second-order valence-electron chi connectivity index (χ2n) is 2.71. The molecule has 14 heavy (non-hydrogen) atoms. The number of furan rings is 1. The normalized spacial score (nSPS) is 9.57. The number of likely N-dealkylation sites (N-methyl/N-ethyl adjacent to an activating group) is 1. The van der Waals surface area contributed by atoms with Gasteiger partial charge in [-0.1, -0.05) is 0 Å². The monoisotopic (exact) mass is 197 g/mol. The average molecular weight is 197 g/mol. The number of carbonyl (C=O) groups excluding carboxylic acids is 2. The number of methoxy groups -OCH3 is 1. The molecule has 5 nitrogen and oxygen atoms in total. The molecule has 0 bridgehead atoms. The van der Waals surface area contributed by atoms with E-state index in [0.717, 1.165) is 0 Å². The van der Waals surface area contributed by atoms with E-state index in [9.17, 15) is 9.59 Å². The molecule has 0 spiro atoms. The van der Waals surface area contributed by atoms with E-state index in [1.807, 2.05) is 0 Å². The van der Waals surface area contributed by atoms with E-state index in [4.69, 9.17) is 4.42 Å². The third kappa shape index (κ3) is 2.35. The van der Waals surface area contributed by atoms with Gasteiger partial charge in [-0.2, -0.15) is 0 Å². The molecule has 0 aliphatic rings. The maximum Gasteiger partial charge on any atom is 0.325 e. The summed E-state index contributed by atoms with van der Waals surface area (Å²) in [5, 5.41) is 0. The molecule has 1 aromatic rings. The van der Waals surface area contributed by atoms with Gasteiger partial charge in [-0.15, -0.1) is 0 Å². The lowest BCUT2D eigenvalue weighted by Crippen LogP contribution is -2.32. The lowest BCUT2D eigenvalue weighted by atomic mass is 10.4. The van der Waals surface area contributed by atoms with Crippen LogP contribution in [0.1, 0.15) is 10.6 Å². The standard InChI is InChI=1S/C9H11NO4/c1-10(6-8(11)13-2)9(12)7-4-3-5-14-7/h3-5H,6H2,1-2H3. The second-order valence-corrected chi connectivity index (χ2v) is 2.71. The first-order chi connectivity index (χ1) is 6.65. The Morgan fingerprint density at radius 3 is 2.79 bits per heavy atom. The fraction of sp³-hybridized carbons (Fsp3) is 0.333. The Morgan fingerprint density at radius 2 is 2.29 bits per heavy atom. The van der Waals surface area contributed by atoms with E-state index >= 15 is 0 Å². The molecule has 1 amide bonds. The molecule has 1 heterocycles. The summed E-state index contributed by atoms with van der Waals surface area (Å²) in [6, 6.07) is 3.15. The molecule has 1 rings (SSSR count). The van der Waals surface area contributed by atoms with Gasteiger partial charge in [-0.25, -0.2) is 0 Å². The number of carbonyl (C=O) groups is 2. The molecule has 0 unspecified atom stereocenters. The zero-order chi connectivity index (χ0) is 10.6. The Bertz CT molecular complexity index is 318. The largest absolute Gasteiger partial charge is 0.468 e. The van der Waals surface area contributed by atoms with Gasteiger partial charge in [0.2, 0.25) is 0 Å². The van der Waals surface area contributed by atoms with Gasteiger partial charge < -0.3 is 14.1 Å². The minimum Gasteiger partial charge on any atom is -0.468 e. The van der Waals surface area contributed by atoms with Crippen molar-refractivity contribution in [3.8, 4) is 0 Å². The second kappa shape index (κ2) is 4.45. The molecule has 5 heteroatoms. The number of rotatable bonds is 3. The van der Waals surface area contributed by atoms with E-state index in [1.165, 1.54) is 31.4 Å². The third-order valence-corrected chi connectivity index (χ3v) is 1.67. The van der Waals surface area contributed by atoms with Crippen LogP contribution in [-0.4, -0.2) is 37.5 Å². The fourth-order valence-corrected chi connectivity index (χ4v) is 0.918. The third-order valence-electron chi connectivity index (χ3n) is 1.67. The van der Waals surface area contributed by atoms with Gasteiger partial charge in [-0.05, 0) is 12.1 Å². The maximum atomic E-state index is 11.5. The zero-order valence-electron chi connectivity index (χ0n) is 8.02. The predicted molar refractivity (Wildman–Crippen MR) is 47.7 cm³/mol. The van der Waals surface area contributed by atoms with Crippen LogP contribution in [0.4, 0.5) is 0 Å². The van der Waals surface area contributed by atoms with Gasteiger partial charge in [0.1, 0.15) is 6.54 Å². The summed E-state index contributed by atoms with van der Waals surface area (Å²) < 4.78 is 9.31. The van der Waals surface area contributed by atoms with E-state index in [2.05, 4.69) is 4.74 Å². The summed E-state index contributed by atoms with van der Waals surface area (Å²) in [5.74, 6) is -0.607. The molecule has 0 aliphatic heterocycles. The van der Waals surface area contributed by atoms with E-state index in [0.29, 0.717) is 0 Å². The van der Waals surface area contributed by atoms with Crippen molar-refractivity contribution in [1.29, 1.82) is 0 Å². The van der Waals surface area contributed by atoms with Crippen molar-refractivity contribution in [3.05, 3.63) is 24.2 Å². The van der Waals surface area contributed by atoms with Crippen molar-refractivity contribution in [2.45, 2.75) is 0 Å². The Balaban J connectivity index is 2.58. The summed E-state index contributed by atoms with van der Waals surface area (Å²) >= 11 is 0. The molecule has 0 aromatic carbocycles. The van der Waals surface area contributed by atoms with Crippen LogP contribution >= 0.6 is 0 Å². The number of hydrogen-bond acceptors (Lipinski definition) is 4. The Kier molecular flexibility index (Phi) is 3.28. The van der Waals surface area contributed by atoms with Gasteiger partial charge in [0.05, 0.1) is 13.4 Å². The average Bonchev–Trinajstić information content (AvgIpc) is 2.69. The van der Waals surface area contributed by atoms with E-state index < -0.39 is 5.97 Å². The summed E-state index contributed by atoms with van der Waals surface area (Å²) in [6.45, 7) is -0.0873. The molecule has 0 aliphatic carbocycles. The number of nitrogens with zero attached hydrogens (tertiary/aromatic N) is 1. The van der Waals surface area contributed by atoms with Crippen LogP contribution in [0.15, 0.2) is 22.8 Å². The highest BCUT2D eigenvalue weighted by Crippen LogP contribution is 2.03. The Labute approximate surface area is 81.2 Å². The van der Waals surface area contributed by atoms with Crippen molar-refractivity contribution in [2.75, 3.05) is 20.7 Å². The van der Waals surface area contributed by atoms with Gasteiger partial charge in [0.15, 0.2) is 5.76 Å². The molecule has 0 saturated heterocycles.